The van der Waals surface area contributed by atoms with Crippen molar-refractivity contribution in [2.24, 2.45) is 0 Å². The smallest absolute Gasteiger partial charge is 0.335 e. The topological polar surface area (TPSA) is 141 Å². The molecule has 130 valence electrons. The van der Waals surface area contributed by atoms with E-state index in [0.29, 0.717) is 29.7 Å². The van der Waals surface area contributed by atoms with Gasteiger partial charge in [0.05, 0.1) is 17.5 Å². The molecule has 1 atom stereocenters. The lowest BCUT2D eigenvalue weighted by Gasteiger charge is -2.15. The monoisotopic (exact) mass is 348 g/mol. The summed E-state index contributed by atoms with van der Waals surface area (Å²) >= 11 is 0. The van der Waals surface area contributed by atoms with E-state index in [1.54, 1.807) is 30.5 Å². The molecule has 8 nitrogen and oxygen atoms in total. The number of nitrogen functional groups attached to an aromatic ring is 2. The maximum atomic E-state index is 11.0. The fourth-order valence-electron chi connectivity index (χ4n) is 2.68. The molecule has 0 radical (unpaired) electrons. The molecule has 0 saturated heterocycles. The fourth-order valence-corrected chi connectivity index (χ4v) is 2.68. The van der Waals surface area contributed by atoms with Gasteiger partial charge in [-0.3, -0.25) is 0 Å². The molecule has 26 heavy (non-hydrogen) atoms. The number of nitrogens with zero attached hydrogens (tertiary/aromatic N) is 4. The molecule has 0 aliphatic heterocycles. The van der Waals surface area contributed by atoms with Crippen molar-refractivity contribution in [2.75, 3.05) is 11.5 Å². The Morgan fingerprint density at radius 2 is 1.92 bits per heavy atom. The molecule has 8 heteroatoms. The van der Waals surface area contributed by atoms with Gasteiger partial charge in [-0.15, -0.1) is 12.3 Å². The van der Waals surface area contributed by atoms with Crippen molar-refractivity contribution < 1.29 is 9.90 Å². The number of fused-ring (bicyclic) bond motifs is 1. The molecule has 2 aromatic heterocycles. The zero-order valence-corrected chi connectivity index (χ0v) is 13.8. The van der Waals surface area contributed by atoms with Crippen molar-refractivity contribution in [1.82, 2.24) is 19.9 Å². The highest BCUT2D eigenvalue weighted by Gasteiger charge is 2.15. The normalized spacial score (nSPS) is 11.8. The Bertz CT molecular complexity index is 1010. The molecule has 1 aromatic carbocycles. The number of nitrogens with two attached hydrogens (primary N) is 2. The van der Waals surface area contributed by atoms with Crippen LogP contribution in [0.25, 0.3) is 11.2 Å². The lowest BCUT2D eigenvalue weighted by atomic mass is 9.91. The van der Waals surface area contributed by atoms with E-state index in [4.69, 9.17) is 23.0 Å². The van der Waals surface area contributed by atoms with Gasteiger partial charge in [-0.2, -0.15) is 9.97 Å². The van der Waals surface area contributed by atoms with Crippen LogP contribution in [0.4, 0.5) is 11.8 Å². The Hall–Kier alpha value is -3.73. The number of hydrogen-bond acceptors (Lipinski definition) is 7. The zero-order valence-electron chi connectivity index (χ0n) is 13.8. The van der Waals surface area contributed by atoms with Crippen molar-refractivity contribution in [3.8, 4) is 12.3 Å². The van der Waals surface area contributed by atoms with Crippen LogP contribution in [0.1, 0.15) is 34.0 Å². The van der Waals surface area contributed by atoms with Crippen LogP contribution in [-0.2, 0) is 6.42 Å². The second-order valence-corrected chi connectivity index (χ2v) is 5.74. The number of terminal acetylenes is 1. The van der Waals surface area contributed by atoms with E-state index < -0.39 is 5.97 Å². The summed E-state index contributed by atoms with van der Waals surface area (Å²) in [6.45, 7) is 0. The van der Waals surface area contributed by atoms with Crippen molar-refractivity contribution >= 4 is 28.9 Å². The van der Waals surface area contributed by atoms with E-state index in [0.717, 1.165) is 5.56 Å². The number of carboxylic acid groups (broad SMARTS) is 1. The van der Waals surface area contributed by atoms with Crippen molar-refractivity contribution in [3.63, 3.8) is 0 Å². The van der Waals surface area contributed by atoms with Gasteiger partial charge in [0.25, 0.3) is 0 Å². The molecule has 2 heterocycles. The van der Waals surface area contributed by atoms with Gasteiger partial charge in [0.2, 0.25) is 5.95 Å². The number of carboxylic acids is 1. The fraction of sp³-hybridized carbons (Fsp3) is 0.167. The Morgan fingerprint density at radius 3 is 2.58 bits per heavy atom. The van der Waals surface area contributed by atoms with Crippen LogP contribution in [0, 0.1) is 12.3 Å². The zero-order chi connectivity index (χ0) is 18.7. The number of rotatable bonds is 5. The molecule has 0 aliphatic carbocycles. The summed E-state index contributed by atoms with van der Waals surface area (Å²) in [6, 6.07) is 6.64. The number of aromatic nitrogens is 4. The number of carbonyl (C=O) groups is 1. The maximum Gasteiger partial charge on any atom is 0.335 e. The highest BCUT2D eigenvalue weighted by molar-refractivity contribution is 5.87. The predicted octanol–water partition coefficient (Wildman–Crippen LogP) is 1.63. The van der Waals surface area contributed by atoms with Crippen LogP contribution < -0.4 is 11.5 Å². The summed E-state index contributed by atoms with van der Waals surface area (Å²) in [6.07, 6.45) is 8.09. The third kappa shape index (κ3) is 3.52. The molecular formula is C18H16N6O2. The van der Waals surface area contributed by atoms with Gasteiger partial charge in [0, 0.05) is 12.3 Å². The van der Waals surface area contributed by atoms with Crippen molar-refractivity contribution in [2.45, 2.75) is 18.8 Å². The SMILES string of the molecule is C#CCC(Cc1cnc2nc(N)nc(N)c2n1)c1ccc(C(=O)O)cc1. The summed E-state index contributed by atoms with van der Waals surface area (Å²) in [4.78, 5) is 27.6. The van der Waals surface area contributed by atoms with E-state index in [-0.39, 0.29) is 23.2 Å². The molecule has 3 aromatic rings. The first-order valence-electron chi connectivity index (χ1n) is 7.79. The lowest BCUT2D eigenvalue weighted by Crippen LogP contribution is -2.08. The minimum atomic E-state index is -0.972. The minimum Gasteiger partial charge on any atom is -0.478 e. The van der Waals surface area contributed by atoms with E-state index in [2.05, 4.69) is 25.9 Å². The van der Waals surface area contributed by atoms with Crippen LogP contribution in [0.3, 0.4) is 0 Å². The Kier molecular flexibility index (Phi) is 4.62. The van der Waals surface area contributed by atoms with Crippen LogP contribution in [-0.4, -0.2) is 31.0 Å². The van der Waals surface area contributed by atoms with E-state index in [1.807, 2.05) is 0 Å². The average Bonchev–Trinajstić information content (AvgIpc) is 2.62. The van der Waals surface area contributed by atoms with Gasteiger partial charge in [-0.25, -0.2) is 14.8 Å². The Balaban J connectivity index is 1.91. The molecule has 0 amide bonds. The summed E-state index contributed by atoms with van der Waals surface area (Å²) in [5, 5.41) is 9.02. The number of benzene rings is 1. The molecule has 3 rings (SSSR count). The third-order valence-electron chi connectivity index (χ3n) is 3.95. The van der Waals surface area contributed by atoms with Gasteiger partial charge in [-0.1, -0.05) is 12.1 Å². The van der Waals surface area contributed by atoms with Gasteiger partial charge in [0.1, 0.15) is 0 Å². The quantitative estimate of drug-likeness (QED) is 0.591. The molecule has 0 fully saturated rings. The molecule has 0 bridgehead atoms. The van der Waals surface area contributed by atoms with Gasteiger partial charge >= 0.3 is 5.97 Å². The van der Waals surface area contributed by atoms with Crippen LogP contribution in [0.5, 0.6) is 0 Å². The lowest BCUT2D eigenvalue weighted by molar-refractivity contribution is 0.0697. The van der Waals surface area contributed by atoms with E-state index in [9.17, 15) is 4.79 Å². The molecule has 0 saturated carbocycles. The van der Waals surface area contributed by atoms with Crippen LogP contribution in [0.2, 0.25) is 0 Å². The molecule has 5 N–H and O–H groups in total. The second-order valence-electron chi connectivity index (χ2n) is 5.74. The highest BCUT2D eigenvalue weighted by atomic mass is 16.4. The number of hydrogen-bond donors (Lipinski definition) is 3. The largest absolute Gasteiger partial charge is 0.478 e. The third-order valence-corrected chi connectivity index (χ3v) is 3.95. The van der Waals surface area contributed by atoms with Crippen LogP contribution >= 0.6 is 0 Å². The minimum absolute atomic E-state index is 0.0366. The average molecular weight is 348 g/mol. The van der Waals surface area contributed by atoms with Crippen molar-refractivity contribution in [1.29, 1.82) is 0 Å². The molecule has 1 unspecified atom stereocenters. The Labute approximate surface area is 149 Å². The highest BCUT2D eigenvalue weighted by Crippen LogP contribution is 2.25. The predicted molar refractivity (Wildman–Crippen MR) is 97.2 cm³/mol. The van der Waals surface area contributed by atoms with Gasteiger partial charge in [-0.05, 0) is 24.1 Å². The number of aromatic carboxylic acids is 1. The molecule has 0 aliphatic rings. The summed E-state index contributed by atoms with van der Waals surface area (Å²) in [5.74, 6) is 1.85. The first kappa shape index (κ1) is 17.1. The first-order valence-corrected chi connectivity index (χ1v) is 7.79. The van der Waals surface area contributed by atoms with Gasteiger partial charge in [0.15, 0.2) is 17.0 Å². The Morgan fingerprint density at radius 1 is 1.19 bits per heavy atom. The maximum absolute atomic E-state index is 11.0. The van der Waals surface area contributed by atoms with E-state index >= 15 is 0 Å². The van der Waals surface area contributed by atoms with Crippen molar-refractivity contribution in [3.05, 3.63) is 47.3 Å². The molecular weight excluding hydrogens is 332 g/mol. The first-order chi connectivity index (χ1) is 12.5. The summed E-state index contributed by atoms with van der Waals surface area (Å²) in [5.41, 5.74) is 14.0. The summed E-state index contributed by atoms with van der Waals surface area (Å²) < 4.78 is 0. The van der Waals surface area contributed by atoms with Gasteiger partial charge < -0.3 is 16.6 Å². The summed E-state index contributed by atoms with van der Waals surface area (Å²) in [7, 11) is 0. The molecule has 0 spiro atoms. The van der Waals surface area contributed by atoms with E-state index in [1.165, 1.54) is 0 Å². The number of anilines is 2. The standard InChI is InChI=1S/C18H16N6O2/c1-2-3-12(10-4-6-11(7-5-10)17(25)26)8-13-9-21-16-14(22-13)15(19)23-18(20)24-16/h1,4-7,9,12H,3,8H2,(H,25,26)(H4,19,20,21,23,24). The second kappa shape index (κ2) is 7.03. The van der Waals surface area contributed by atoms with Crippen LogP contribution in [0.15, 0.2) is 30.5 Å².